The van der Waals surface area contributed by atoms with E-state index >= 15 is 0 Å². The van der Waals surface area contributed by atoms with Gasteiger partial charge in [0, 0.05) is 24.8 Å². The lowest BCUT2D eigenvalue weighted by Crippen LogP contribution is -2.40. The minimum absolute atomic E-state index is 0.568. The lowest BCUT2D eigenvalue weighted by molar-refractivity contribution is 0.313. The summed E-state index contributed by atoms with van der Waals surface area (Å²) in [5.74, 6) is 0.969. The number of fused-ring (bicyclic) bond motifs is 1. The van der Waals surface area contributed by atoms with E-state index in [1.807, 2.05) is 0 Å². The molecular formula is C15H24N2O. The molecule has 0 aliphatic carbocycles. The summed E-state index contributed by atoms with van der Waals surface area (Å²) in [4.78, 5) is 4.78. The van der Waals surface area contributed by atoms with Gasteiger partial charge in [-0.05, 0) is 57.6 Å². The van der Waals surface area contributed by atoms with Crippen LogP contribution in [0, 0.1) is 0 Å². The third kappa shape index (κ3) is 2.78. The third-order valence-corrected chi connectivity index (χ3v) is 3.87. The fourth-order valence-electron chi connectivity index (χ4n) is 2.45. The van der Waals surface area contributed by atoms with Crippen LogP contribution in [0.1, 0.15) is 18.9 Å². The summed E-state index contributed by atoms with van der Waals surface area (Å²) in [5.41, 5.74) is 2.81. The molecule has 1 aromatic carbocycles. The lowest BCUT2D eigenvalue weighted by Gasteiger charge is -2.35. The second-order valence-corrected chi connectivity index (χ2v) is 5.36. The Morgan fingerprint density at radius 3 is 2.83 bits per heavy atom. The summed E-state index contributed by atoms with van der Waals surface area (Å²) in [5, 5.41) is 0. The molecule has 0 saturated carbocycles. The van der Waals surface area contributed by atoms with E-state index in [2.05, 4.69) is 49.0 Å². The molecule has 0 bridgehead atoms. The van der Waals surface area contributed by atoms with Crippen LogP contribution < -0.4 is 9.64 Å². The van der Waals surface area contributed by atoms with Gasteiger partial charge >= 0.3 is 0 Å². The first-order chi connectivity index (χ1) is 8.61. The molecule has 2 rings (SSSR count). The van der Waals surface area contributed by atoms with Crippen molar-refractivity contribution in [1.29, 1.82) is 0 Å². The Balaban J connectivity index is 2.17. The molecule has 18 heavy (non-hydrogen) atoms. The summed E-state index contributed by atoms with van der Waals surface area (Å²) < 4.78 is 5.31. The van der Waals surface area contributed by atoms with Crippen molar-refractivity contribution in [2.24, 2.45) is 0 Å². The van der Waals surface area contributed by atoms with Crippen molar-refractivity contribution < 1.29 is 4.74 Å². The van der Waals surface area contributed by atoms with Gasteiger partial charge in [-0.2, -0.15) is 0 Å². The van der Waals surface area contributed by atoms with Gasteiger partial charge in [0.2, 0.25) is 0 Å². The Morgan fingerprint density at radius 2 is 2.17 bits per heavy atom. The van der Waals surface area contributed by atoms with Crippen LogP contribution in [0.15, 0.2) is 18.2 Å². The lowest BCUT2D eigenvalue weighted by atomic mass is 10.0. The Hall–Kier alpha value is -1.22. The molecule has 1 atom stereocenters. The monoisotopic (exact) mass is 248 g/mol. The quantitative estimate of drug-likeness (QED) is 0.814. The molecule has 0 aromatic heterocycles. The van der Waals surface area contributed by atoms with Crippen molar-refractivity contribution >= 4 is 5.69 Å². The molecule has 1 aliphatic rings. The van der Waals surface area contributed by atoms with E-state index in [0.29, 0.717) is 6.04 Å². The van der Waals surface area contributed by atoms with Crippen LogP contribution in [0.2, 0.25) is 0 Å². The molecule has 1 unspecified atom stereocenters. The number of nitrogens with zero attached hydrogens (tertiary/aromatic N) is 2. The van der Waals surface area contributed by atoms with E-state index in [9.17, 15) is 0 Å². The predicted octanol–water partition coefficient (Wildman–Crippen LogP) is 2.40. The van der Waals surface area contributed by atoms with Crippen LogP contribution in [-0.2, 0) is 6.42 Å². The van der Waals surface area contributed by atoms with Gasteiger partial charge in [0.15, 0.2) is 0 Å². The summed E-state index contributed by atoms with van der Waals surface area (Å²) in [6.07, 6.45) is 2.40. The molecule has 0 spiro atoms. The topological polar surface area (TPSA) is 15.7 Å². The average Bonchev–Trinajstić information content (AvgIpc) is 2.38. The first kappa shape index (κ1) is 13.2. The predicted molar refractivity (Wildman–Crippen MR) is 76.7 cm³/mol. The zero-order valence-electron chi connectivity index (χ0n) is 11.9. The number of ether oxygens (including phenoxy) is 1. The Kier molecular flexibility index (Phi) is 4.12. The van der Waals surface area contributed by atoms with Gasteiger partial charge in [-0.15, -0.1) is 0 Å². The minimum Gasteiger partial charge on any atom is -0.497 e. The van der Waals surface area contributed by atoms with E-state index < -0.39 is 0 Å². The Bertz CT molecular complexity index is 403. The molecule has 0 radical (unpaired) electrons. The number of hydrogen-bond acceptors (Lipinski definition) is 3. The highest BCUT2D eigenvalue weighted by Gasteiger charge is 2.19. The van der Waals surface area contributed by atoms with Gasteiger partial charge in [0.1, 0.15) is 5.75 Å². The van der Waals surface area contributed by atoms with Crippen LogP contribution in [0.3, 0.4) is 0 Å². The average molecular weight is 248 g/mol. The van der Waals surface area contributed by atoms with Crippen molar-refractivity contribution in [2.45, 2.75) is 25.8 Å². The van der Waals surface area contributed by atoms with Gasteiger partial charge in [-0.1, -0.05) is 0 Å². The van der Waals surface area contributed by atoms with E-state index in [0.717, 1.165) is 18.8 Å². The first-order valence-electron chi connectivity index (χ1n) is 6.70. The van der Waals surface area contributed by atoms with Gasteiger partial charge < -0.3 is 14.5 Å². The van der Waals surface area contributed by atoms with Gasteiger partial charge in [0.25, 0.3) is 0 Å². The molecule has 100 valence electrons. The summed E-state index contributed by atoms with van der Waals surface area (Å²) >= 11 is 0. The standard InChI is InChI=1S/C15H24N2O/c1-12(16(2)3)11-17-9-5-6-13-10-14(18-4)7-8-15(13)17/h7-8,10,12H,5-6,9,11H2,1-4H3. The smallest absolute Gasteiger partial charge is 0.119 e. The molecule has 3 heteroatoms. The SMILES string of the molecule is COc1ccc2c(c1)CCCN2CC(C)N(C)C. The van der Waals surface area contributed by atoms with Crippen molar-refractivity contribution in [3.63, 3.8) is 0 Å². The highest BCUT2D eigenvalue weighted by atomic mass is 16.5. The Labute approximate surface area is 110 Å². The van der Waals surface area contributed by atoms with Gasteiger partial charge in [0.05, 0.1) is 7.11 Å². The number of anilines is 1. The number of rotatable bonds is 4. The maximum Gasteiger partial charge on any atom is 0.119 e. The van der Waals surface area contributed by atoms with Crippen molar-refractivity contribution in [2.75, 3.05) is 39.2 Å². The number of likely N-dealkylation sites (N-methyl/N-ethyl adjacent to an activating group) is 1. The zero-order valence-corrected chi connectivity index (χ0v) is 11.9. The van der Waals surface area contributed by atoms with E-state index in [-0.39, 0.29) is 0 Å². The second-order valence-electron chi connectivity index (χ2n) is 5.36. The molecule has 1 heterocycles. The van der Waals surface area contributed by atoms with Crippen molar-refractivity contribution in [1.82, 2.24) is 4.90 Å². The largest absolute Gasteiger partial charge is 0.497 e. The van der Waals surface area contributed by atoms with Crippen molar-refractivity contribution in [3.05, 3.63) is 23.8 Å². The number of aryl methyl sites for hydroxylation is 1. The van der Waals surface area contributed by atoms with Crippen LogP contribution in [0.4, 0.5) is 5.69 Å². The molecule has 1 aliphatic heterocycles. The molecule has 0 fully saturated rings. The highest BCUT2D eigenvalue weighted by Crippen LogP contribution is 2.30. The number of hydrogen-bond donors (Lipinski definition) is 0. The summed E-state index contributed by atoms with van der Waals surface area (Å²) in [6.45, 7) is 4.53. The molecule has 0 saturated heterocycles. The van der Waals surface area contributed by atoms with Crippen LogP contribution in [0.5, 0.6) is 5.75 Å². The summed E-state index contributed by atoms with van der Waals surface area (Å²) in [6, 6.07) is 7.02. The Morgan fingerprint density at radius 1 is 1.39 bits per heavy atom. The van der Waals surface area contributed by atoms with E-state index in [1.165, 1.54) is 24.1 Å². The van der Waals surface area contributed by atoms with Gasteiger partial charge in [-0.25, -0.2) is 0 Å². The number of methoxy groups -OCH3 is 1. The first-order valence-corrected chi connectivity index (χ1v) is 6.70. The fraction of sp³-hybridized carbons (Fsp3) is 0.600. The summed E-state index contributed by atoms with van der Waals surface area (Å²) in [7, 11) is 6.02. The van der Waals surface area contributed by atoms with Crippen LogP contribution in [-0.4, -0.2) is 45.2 Å². The molecule has 3 nitrogen and oxygen atoms in total. The maximum absolute atomic E-state index is 5.31. The second kappa shape index (κ2) is 5.61. The molecule has 0 amide bonds. The minimum atomic E-state index is 0.568. The molecule has 1 aromatic rings. The van der Waals surface area contributed by atoms with E-state index in [1.54, 1.807) is 7.11 Å². The maximum atomic E-state index is 5.31. The van der Waals surface area contributed by atoms with E-state index in [4.69, 9.17) is 4.74 Å². The van der Waals surface area contributed by atoms with Gasteiger partial charge in [-0.3, -0.25) is 0 Å². The molecular weight excluding hydrogens is 224 g/mol. The van der Waals surface area contributed by atoms with Crippen LogP contribution >= 0.6 is 0 Å². The fourth-order valence-corrected chi connectivity index (χ4v) is 2.45. The van der Waals surface area contributed by atoms with Crippen LogP contribution in [0.25, 0.3) is 0 Å². The number of benzene rings is 1. The highest BCUT2D eigenvalue weighted by molar-refractivity contribution is 5.58. The zero-order chi connectivity index (χ0) is 13.1. The molecule has 0 N–H and O–H groups in total. The normalized spacial score (nSPS) is 16.6. The third-order valence-electron chi connectivity index (χ3n) is 3.87. The van der Waals surface area contributed by atoms with Crippen molar-refractivity contribution in [3.8, 4) is 5.75 Å².